The summed E-state index contributed by atoms with van der Waals surface area (Å²) in [5.74, 6) is -1.60. The van der Waals surface area contributed by atoms with Gasteiger partial charge < -0.3 is 15.4 Å². The first-order chi connectivity index (χ1) is 13.2. The zero-order chi connectivity index (χ0) is 20.5. The Morgan fingerprint density at radius 2 is 1.96 bits per heavy atom. The van der Waals surface area contributed by atoms with Crippen LogP contribution in [0.4, 0.5) is 14.5 Å². The molecule has 0 bridgehead atoms. The van der Waals surface area contributed by atoms with Gasteiger partial charge >= 0.3 is 0 Å². The van der Waals surface area contributed by atoms with E-state index in [0.29, 0.717) is 19.6 Å². The minimum Gasteiger partial charge on any atom is -0.378 e. The van der Waals surface area contributed by atoms with Crippen molar-refractivity contribution in [3.63, 3.8) is 0 Å². The van der Waals surface area contributed by atoms with Crippen molar-refractivity contribution in [2.45, 2.75) is 38.7 Å². The van der Waals surface area contributed by atoms with Gasteiger partial charge in [-0.1, -0.05) is 25.7 Å². The second-order valence-electron chi connectivity index (χ2n) is 7.96. The Morgan fingerprint density at radius 1 is 1.29 bits per heavy atom. The van der Waals surface area contributed by atoms with Gasteiger partial charge in [-0.05, 0) is 18.2 Å². The quantitative estimate of drug-likeness (QED) is 0.751. The maximum absolute atomic E-state index is 14.5. The molecular weight excluding hydrogens is 380 g/mol. The summed E-state index contributed by atoms with van der Waals surface area (Å²) in [5, 5.41) is 5.92. The lowest BCUT2D eigenvalue weighted by Crippen LogP contribution is -2.43. The van der Waals surface area contributed by atoms with Gasteiger partial charge in [-0.3, -0.25) is 9.78 Å². The van der Waals surface area contributed by atoms with E-state index in [1.165, 1.54) is 12.1 Å². The van der Waals surface area contributed by atoms with Crippen LogP contribution in [0.5, 0.6) is 0 Å². The van der Waals surface area contributed by atoms with Crippen LogP contribution in [0, 0.1) is 11.6 Å². The van der Waals surface area contributed by atoms with E-state index in [-0.39, 0.29) is 16.8 Å². The van der Waals surface area contributed by atoms with Gasteiger partial charge in [0.05, 0.1) is 20.4 Å². The number of hydrogen-bond donors (Lipinski definition) is 2. The molecule has 28 heavy (non-hydrogen) atoms. The molecule has 1 aromatic heterocycles. The fourth-order valence-corrected chi connectivity index (χ4v) is 5.08. The first-order valence-corrected chi connectivity index (χ1v) is 12.7. The lowest BCUT2D eigenvalue weighted by atomic mass is 9.97. The largest absolute Gasteiger partial charge is 0.378 e. The normalized spacial score (nSPS) is 16.6. The van der Waals surface area contributed by atoms with Crippen LogP contribution in [-0.4, -0.2) is 32.6 Å². The zero-order valence-electron chi connectivity index (χ0n) is 16.5. The third-order valence-corrected chi connectivity index (χ3v) is 6.68. The van der Waals surface area contributed by atoms with E-state index in [4.69, 9.17) is 4.74 Å². The molecule has 1 amide bonds. The molecule has 2 heterocycles. The summed E-state index contributed by atoms with van der Waals surface area (Å²) in [6, 6.07) is 5.42. The number of fused-ring (bicyclic) bond motifs is 1. The van der Waals surface area contributed by atoms with Crippen molar-refractivity contribution in [2.24, 2.45) is 0 Å². The Labute approximate surface area is 164 Å². The summed E-state index contributed by atoms with van der Waals surface area (Å²) in [6.45, 7) is 6.62. The highest BCUT2D eigenvalue weighted by Gasteiger charge is 2.29. The monoisotopic (exact) mass is 405 g/mol. The number of amides is 1. The number of nitrogens with one attached hydrogen (secondary N) is 2. The molecule has 3 rings (SSSR count). The van der Waals surface area contributed by atoms with Crippen molar-refractivity contribution in [3.05, 3.63) is 52.9 Å². The van der Waals surface area contributed by atoms with Crippen molar-refractivity contribution in [1.29, 1.82) is 0 Å². The average molecular weight is 406 g/mol. The number of nitrogens with zero attached hydrogens (tertiary/aromatic N) is 1. The third-order valence-electron chi connectivity index (χ3n) is 4.70. The molecule has 0 radical (unpaired) electrons. The molecule has 150 valence electrons. The van der Waals surface area contributed by atoms with Crippen LogP contribution in [0.15, 0.2) is 24.3 Å². The molecule has 0 saturated heterocycles. The number of carbonyl (C=O) groups excluding carboxylic acids is 1. The SMILES string of the molecule is COCc1ccc2c(n1)CCNC2C(=O)Nc1cc(F)c([Si](C)(C)C)c(F)c1. The molecule has 2 N–H and O–H groups in total. The maximum Gasteiger partial charge on any atom is 0.246 e. The smallest absolute Gasteiger partial charge is 0.246 e. The second kappa shape index (κ2) is 8.06. The van der Waals surface area contributed by atoms with Crippen LogP contribution >= 0.6 is 0 Å². The number of halogens is 2. The van der Waals surface area contributed by atoms with Gasteiger partial charge in [0.15, 0.2) is 0 Å². The predicted molar refractivity (Wildman–Crippen MR) is 107 cm³/mol. The third kappa shape index (κ3) is 4.29. The maximum atomic E-state index is 14.5. The van der Waals surface area contributed by atoms with E-state index in [1.54, 1.807) is 7.11 Å². The summed E-state index contributed by atoms with van der Waals surface area (Å²) in [7, 11) is -0.569. The van der Waals surface area contributed by atoms with Crippen molar-refractivity contribution in [1.82, 2.24) is 10.3 Å². The number of carbonyl (C=O) groups is 1. The van der Waals surface area contributed by atoms with E-state index in [9.17, 15) is 13.6 Å². The number of rotatable bonds is 5. The van der Waals surface area contributed by atoms with Crippen LogP contribution in [0.3, 0.4) is 0 Å². The molecule has 2 aromatic rings. The number of ether oxygens (including phenoxy) is 1. The summed E-state index contributed by atoms with van der Waals surface area (Å²) in [6.07, 6.45) is 0.699. The van der Waals surface area contributed by atoms with Crippen molar-refractivity contribution in [3.8, 4) is 0 Å². The Hall–Kier alpha value is -2.16. The van der Waals surface area contributed by atoms with Crippen LogP contribution in [0.1, 0.15) is 23.0 Å². The molecule has 5 nitrogen and oxygen atoms in total. The Kier molecular flexibility index (Phi) is 5.92. The highest BCUT2D eigenvalue weighted by Crippen LogP contribution is 2.24. The zero-order valence-corrected chi connectivity index (χ0v) is 17.5. The Bertz CT molecular complexity index is 877. The lowest BCUT2D eigenvalue weighted by molar-refractivity contribution is -0.118. The summed E-state index contributed by atoms with van der Waals surface area (Å²) < 4.78 is 34.0. The van der Waals surface area contributed by atoms with Crippen molar-refractivity contribution in [2.75, 3.05) is 19.0 Å². The molecule has 0 spiro atoms. The van der Waals surface area contributed by atoms with E-state index in [1.807, 2.05) is 31.8 Å². The molecule has 0 aliphatic carbocycles. The van der Waals surface area contributed by atoms with Crippen LogP contribution in [-0.2, 0) is 22.6 Å². The Balaban J connectivity index is 1.83. The van der Waals surface area contributed by atoms with Gasteiger partial charge in [0.2, 0.25) is 5.91 Å². The van der Waals surface area contributed by atoms with Gasteiger partial charge in [0.25, 0.3) is 0 Å². The molecule has 1 aromatic carbocycles. The Morgan fingerprint density at radius 3 is 2.57 bits per heavy atom. The van der Waals surface area contributed by atoms with Gasteiger partial charge in [-0.15, -0.1) is 0 Å². The number of aromatic nitrogens is 1. The molecular formula is C20H25F2N3O2Si. The van der Waals surface area contributed by atoms with E-state index >= 15 is 0 Å². The molecule has 1 aliphatic rings. The number of methoxy groups -OCH3 is 1. The standard InChI is InChI=1S/C20H25F2N3O2Si/c1-27-11-12-5-6-14-17(24-12)7-8-23-18(14)20(26)25-13-9-15(21)19(16(22)10-13)28(2,3)4/h5-6,9-10,18,23H,7-8,11H2,1-4H3,(H,25,26). The molecule has 0 fully saturated rings. The van der Waals surface area contributed by atoms with E-state index in [0.717, 1.165) is 17.0 Å². The molecule has 1 unspecified atom stereocenters. The van der Waals surface area contributed by atoms with Gasteiger partial charge in [0, 0.05) is 42.2 Å². The number of pyridine rings is 1. The molecule has 0 saturated carbocycles. The number of anilines is 1. The highest BCUT2D eigenvalue weighted by molar-refractivity contribution is 6.88. The molecule has 8 heteroatoms. The van der Waals surface area contributed by atoms with Gasteiger partial charge in [-0.25, -0.2) is 8.78 Å². The van der Waals surface area contributed by atoms with Crippen LogP contribution in [0.25, 0.3) is 0 Å². The lowest BCUT2D eigenvalue weighted by Gasteiger charge is -2.26. The molecule has 1 atom stereocenters. The van der Waals surface area contributed by atoms with Crippen molar-refractivity contribution < 1.29 is 18.3 Å². The van der Waals surface area contributed by atoms with Crippen LogP contribution in [0.2, 0.25) is 19.6 Å². The summed E-state index contributed by atoms with van der Waals surface area (Å²) in [5.41, 5.74) is 2.51. The molecule has 1 aliphatic heterocycles. The van der Waals surface area contributed by atoms with E-state index in [2.05, 4.69) is 15.6 Å². The fourth-order valence-electron chi connectivity index (χ4n) is 3.50. The first kappa shape index (κ1) is 20.6. The summed E-state index contributed by atoms with van der Waals surface area (Å²) >= 11 is 0. The topological polar surface area (TPSA) is 63.2 Å². The first-order valence-electron chi connectivity index (χ1n) is 9.22. The average Bonchev–Trinajstić information content (AvgIpc) is 2.59. The second-order valence-corrected chi connectivity index (χ2v) is 13.0. The van der Waals surface area contributed by atoms with Crippen molar-refractivity contribution >= 4 is 24.9 Å². The minimum atomic E-state index is -2.17. The van der Waals surface area contributed by atoms with Crippen LogP contribution < -0.4 is 15.8 Å². The van der Waals surface area contributed by atoms with Gasteiger partial charge in [-0.2, -0.15) is 0 Å². The minimum absolute atomic E-state index is 0.111. The fraction of sp³-hybridized carbons (Fsp3) is 0.400. The highest BCUT2D eigenvalue weighted by atomic mass is 28.3. The van der Waals surface area contributed by atoms with Gasteiger partial charge in [0.1, 0.15) is 17.7 Å². The van der Waals surface area contributed by atoms with E-state index < -0.39 is 25.8 Å². The number of hydrogen-bond acceptors (Lipinski definition) is 4. The number of benzene rings is 1. The summed E-state index contributed by atoms with van der Waals surface area (Å²) in [4.78, 5) is 17.3. The predicted octanol–water partition coefficient (Wildman–Crippen LogP) is 2.88.